The number of fused-ring (bicyclic) bond motifs is 1. The van der Waals surface area contributed by atoms with Crippen LogP contribution in [0.5, 0.6) is 0 Å². The molecule has 0 unspecified atom stereocenters. The number of halogens is 1. The number of carbonyl (C=O) groups is 2. The van der Waals surface area contributed by atoms with E-state index >= 15 is 0 Å². The Morgan fingerprint density at radius 3 is 2.88 bits per heavy atom. The van der Waals surface area contributed by atoms with Gasteiger partial charge in [0.1, 0.15) is 10.8 Å². The maximum atomic E-state index is 13.3. The molecule has 1 aliphatic heterocycles. The van der Waals surface area contributed by atoms with Crippen LogP contribution in [0.4, 0.5) is 9.39 Å². The van der Waals surface area contributed by atoms with Crippen LogP contribution in [-0.2, 0) is 13.0 Å². The number of hydrogen-bond acceptors (Lipinski definition) is 4. The van der Waals surface area contributed by atoms with Crippen molar-refractivity contribution in [2.45, 2.75) is 19.9 Å². The van der Waals surface area contributed by atoms with Gasteiger partial charge in [-0.3, -0.25) is 9.69 Å². The average molecular weight is 348 g/mol. The fourth-order valence-electron chi connectivity index (χ4n) is 2.85. The van der Waals surface area contributed by atoms with Crippen LogP contribution >= 0.6 is 11.3 Å². The molecule has 3 rings (SSSR count). The summed E-state index contributed by atoms with van der Waals surface area (Å²) in [7, 11) is 0. The molecule has 2 heterocycles. The average Bonchev–Trinajstić information content (AvgIpc) is 2.91. The lowest BCUT2D eigenvalue weighted by atomic mass is 10.0. The van der Waals surface area contributed by atoms with E-state index in [0.29, 0.717) is 18.0 Å². The Bertz CT molecular complexity index is 803. The number of aromatic carboxylic acids is 1. The minimum absolute atomic E-state index is 0.160. The highest BCUT2D eigenvalue weighted by molar-refractivity contribution is 7.17. The number of hydrogen-bond donors (Lipinski definition) is 2. The molecule has 2 N–H and O–H groups in total. The topological polar surface area (TPSA) is 69.6 Å². The van der Waals surface area contributed by atoms with Crippen LogP contribution in [0.1, 0.15) is 38.1 Å². The first-order chi connectivity index (χ1) is 11.5. The second-order valence-corrected chi connectivity index (χ2v) is 6.70. The third-order valence-corrected chi connectivity index (χ3v) is 5.24. The summed E-state index contributed by atoms with van der Waals surface area (Å²) in [6.45, 7) is 4.44. The highest BCUT2D eigenvalue weighted by atomic mass is 32.1. The van der Waals surface area contributed by atoms with Crippen molar-refractivity contribution in [1.82, 2.24) is 4.90 Å². The summed E-state index contributed by atoms with van der Waals surface area (Å²) in [6, 6.07) is 5.32. The monoisotopic (exact) mass is 348 g/mol. The molecule has 0 saturated heterocycles. The summed E-state index contributed by atoms with van der Waals surface area (Å²) in [5.74, 6) is -2.07. The number of nitrogens with one attached hydrogen (secondary N) is 1. The van der Waals surface area contributed by atoms with E-state index in [4.69, 9.17) is 0 Å². The zero-order valence-corrected chi connectivity index (χ0v) is 14.0. The third kappa shape index (κ3) is 3.18. The first-order valence-electron chi connectivity index (χ1n) is 7.66. The fourth-order valence-corrected chi connectivity index (χ4v) is 4.12. The predicted molar refractivity (Wildman–Crippen MR) is 90.3 cm³/mol. The molecule has 0 bridgehead atoms. The maximum Gasteiger partial charge on any atom is 0.339 e. The summed E-state index contributed by atoms with van der Waals surface area (Å²) in [5, 5.41) is 12.5. The number of carbonyl (C=O) groups excluding carboxylic acids is 1. The summed E-state index contributed by atoms with van der Waals surface area (Å²) in [5.41, 5.74) is 1.12. The number of carboxylic acid groups (broad SMARTS) is 1. The molecule has 0 saturated carbocycles. The van der Waals surface area contributed by atoms with Crippen molar-refractivity contribution in [1.29, 1.82) is 0 Å². The van der Waals surface area contributed by atoms with Gasteiger partial charge in [-0.25, -0.2) is 9.18 Å². The SMILES string of the molecule is CCN1CCc2c(sc(NC(=O)c3cccc(F)c3)c2C(=O)O)C1. The molecule has 5 nitrogen and oxygen atoms in total. The lowest BCUT2D eigenvalue weighted by Crippen LogP contribution is -2.29. The zero-order valence-electron chi connectivity index (χ0n) is 13.1. The zero-order chi connectivity index (χ0) is 17.3. The van der Waals surface area contributed by atoms with Gasteiger partial charge in [0.05, 0.1) is 5.56 Å². The highest BCUT2D eigenvalue weighted by Crippen LogP contribution is 2.37. The standard InChI is InChI=1S/C17H17FN2O3S/c1-2-20-7-6-12-13(9-20)24-16(14(12)17(22)23)19-15(21)10-4-3-5-11(18)8-10/h3-5,8H,2,6-7,9H2,1H3,(H,19,21)(H,22,23). The van der Waals surface area contributed by atoms with Crippen LogP contribution in [0, 0.1) is 5.82 Å². The maximum absolute atomic E-state index is 13.3. The van der Waals surface area contributed by atoms with E-state index in [-0.39, 0.29) is 11.1 Å². The van der Waals surface area contributed by atoms with Crippen LogP contribution in [0.15, 0.2) is 24.3 Å². The van der Waals surface area contributed by atoms with E-state index < -0.39 is 17.7 Å². The van der Waals surface area contributed by atoms with Gasteiger partial charge in [0, 0.05) is 23.5 Å². The van der Waals surface area contributed by atoms with Crippen molar-refractivity contribution in [3.63, 3.8) is 0 Å². The second-order valence-electron chi connectivity index (χ2n) is 5.60. The van der Waals surface area contributed by atoms with Gasteiger partial charge in [-0.05, 0) is 36.7 Å². The number of amides is 1. The molecule has 2 aromatic rings. The van der Waals surface area contributed by atoms with E-state index in [1.807, 2.05) is 0 Å². The molecule has 7 heteroatoms. The van der Waals surface area contributed by atoms with E-state index in [1.54, 1.807) is 0 Å². The number of carboxylic acids is 1. The Morgan fingerprint density at radius 2 is 2.21 bits per heavy atom. The van der Waals surface area contributed by atoms with Crippen LogP contribution in [-0.4, -0.2) is 35.0 Å². The highest BCUT2D eigenvalue weighted by Gasteiger charge is 2.28. The largest absolute Gasteiger partial charge is 0.478 e. The lowest BCUT2D eigenvalue weighted by molar-refractivity contribution is 0.0696. The fraction of sp³-hybridized carbons (Fsp3) is 0.294. The van der Waals surface area contributed by atoms with Crippen molar-refractivity contribution in [3.05, 3.63) is 51.7 Å². The van der Waals surface area contributed by atoms with Crippen molar-refractivity contribution >= 4 is 28.2 Å². The lowest BCUT2D eigenvalue weighted by Gasteiger charge is -2.25. The van der Waals surface area contributed by atoms with Crippen molar-refractivity contribution in [2.75, 3.05) is 18.4 Å². The molecule has 24 heavy (non-hydrogen) atoms. The van der Waals surface area contributed by atoms with E-state index in [9.17, 15) is 19.1 Å². The van der Waals surface area contributed by atoms with E-state index in [1.165, 1.54) is 29.5 Å². The van der Waals surface area contributed by atoms with Crippen molar-refractivity contribution < 1.29 is 19.1 Å². The number of anilines is 1. The van der Waals surface area contributed by atoms with Crippen LogP contribution in [0.3, 0.4) is 0 Å². The van der Waals surface area contributed by atoms with E-state index in [2.05, 4.69) is 17.1 Å². The van der Waals surface area contributed by atoms with Crippen molar-refractivity contribution in [3.8, 4) is 0 Å². The Labute approximate surface area is 142 Å². The molecule has 0 aliphatic carbocycles. The summed E-state index contributed by atoms with van der Waals surface area (Å²) in [4.78, 5) is 27.2. The first-order valence-corrected chi connectivity index (χ1v) is 8.48. The number of likely N-dealkylation sites (N-methyl/N-ethyl adjacent to an activating group) is 1. The number of thiophene rings is 1. The van der Waals surface area contributed by atoms with Gasteiger partial charge in [0.2, 0.25) is 0 Å². The molecule has 0 atom stereocenters. The van der Waals surface area contributed by atoms with Crippen LogP contribution in [0.25, 0.3) is 0 Å². The van der Waals surface area contributed by atoms with Gasteiger partial charge in [-0.2, -0.15) is 0 Å². The molecule has 0 spiro atoms. The second kappa shape index (κ2) is 6.70. The minimum atomic E-state index is -1.05. The van der Waals surface area contributed by atoms with Gasteiger partial charge < -0.3 is 10.4 Å². The molecule has 1 amide bonds. The van der Waals surface area contributed by atoms with Gasteiger partial charge in [-0.1, -0.05) is 13.0 Å². The number of rotatable bonds is 4. The Morgan fingerprint density at radius 1 is 1.42 bits per heavy atom. The summed E-state index contributed by atoms with van der Waals surface area (Å²) >= 11 is 1.29. The van der Waals surface area contributed by atoms with E-state index in [0.717, 1.165) is 29.6 Å². The number of benzene rings is 1. The third-order valence-electron chi connectivity index (χ3n) is 4.11. The quantitative estimate of drug-likeness (QED) is 0.890. The predicted octanol–water partition coefficient (Wildman–Crippen LogP) is 3.22. The molecule has 1 aromatic heterocycles. The Balaban J connectivity index is 1.92. The summed E-state index contributed by atoms with van der Waals surface area (Å²) in [6.07, 6.45) is 0.650. The van der Waals surface area contributed by atoms with Crippen LogP contribution < -0.4 is 5.32 Å². The molecule has 1 aliphatic rings. The molecule has 0 radical (unpaired) electrons. The Kier molecular flexibility index (Phi) is 4.64. The molecule has 1 aromatic carbocycles. The van der Waals surface area contributed by atoms with Crippen molar-refractivity contribution in [2.24, 2.45) is 0 Å². The molecule has 0 fully saturated rings. The van der Waals surface area contributed by atoms with Gasteiger partial charge >= 0.3 is 5.97 Å². The number of nitrogens with zero attached hydrogens (tertiary/aromatic N) is 1. The summed E-state index contributed by atoms with van der Waals surface area (Å²) < 4.78 is 13.3. The minimum Gasteiger partial charge on any atom is -0.478 e. The van der Waals surface area contributed by atoms with Crippen LogP contribution in [0.2, 0.25) is 0 Å². The van der Waals surface area contributed by atoms with Gasteiger partial charge in [0.15, 0.2) is 0 Å². The molecular weight excluding hydrogens is 331 g/mol. The van der Waals surface area contributed by atoms with Gasteiger partial charge in [-0.15, -0.1) is 11.3 Å². The molecule has 126 valence electrons. The molecular formula is C17H17FN2O3S. The smallest absolute Gasteiger partial charge is 0.339 e. The normalized spacial score (nSPS) is 14.2. The first kappa shape index (κ1) is 16.6. The Hall–Kier alpha value is -2.25. The van der Waals surface area contributed by atoms with Gasteiger partial charge in [0.25, 0.3) is 5.91 Å².